The van der Waals surface area contributed by atoms with Crippen LogP contribution in [0.15, 0.2) is 30.3 Å². The van der Waals surface area contributed by atoms with Crippen LogP contribution in [0.3, 0.4) is 0 Å². The van der Waals surface area contributed by atoms with E-state index in [0.29, 0.717) is 25.9 Å². The number of rotatable bonds is 6. The lowest BCUT2D eigenvalue weighted by atomic mass is 10.1. The van der Waals surface area contributed by atoms with Crippen molar-refractivity contribution in [2.45, 2.75) is 25.0 Å². The lowest BCUT2D eigenvalue weighted by Crippen LogP contribution is -2.38. The summed E-state index contributed by atoms with van der Waals surface area (Å²) in [6, 6.07) is 11.9. The summed E-state index contributed by atoms with van der Waals surface area (Å²) >= 11 is 4.38. The molecule has 0 fully saturated rings. The summed E-state index contributed by atoms with van der Waals surface area (Å²) in [5, 5.41) is 8.22. The Morgan fingerprint density at radius 2 is 2.11 bits per heavy atom. The number of carbonyl (C=O) groups is 1. The highest BCUT2D eigenvalue weighted by Gasteiger charge is 2.19. The Labute approximate surface area is 114 Å². The first kappa shape index (κ1) is 14.6. The summed E-state index contributed by atoms with van der Waals surface area (Å²) in [4.78, 5) is 13.8. The van der Waals surface area contributed by atoms with Crippen molar-refractivity contribution in [2.24, 2.45) is 0 Å². The van der Waals surface area contributed by atoms with E-state index in [-0.39, 0.29) is 11.2 Å². The van der Waals surface area contributed by atoms with E-state index in [9.17, 15) is 4.79 Å². The number of hydrogen-bond acceptors (Lipinski definition) is 3. The van der Waals surface area contributed by atoms with Crippen molar-refractivity contribution in [1.82, 2.24) is 4.90 Å². The third-order valence-corrected chi connectivity index (χ3v) is 3.15. The van der Waals surface area contributed by atoms with Crippen LogP contribution in [0.5, 0.6) is 0 Å². The molecule has 0 N–H and O–H groups in total. The highest BCUT2D eigenvalue weighted by Crippen LogP contribution is 2.11. The molecule has 96 valence electrons. The number of hydrogen-bond donors (Lipinski definition) is 1. The van der Waals surface area contributed by atoms with Crippen molar-refractivity contribution in [3.05, 3.63) is 35.9 Å². The van der Waals surface area contributed by atoms with Crippen molar-refractivity contribution in [1.29, 1.82) is 5.26 Å². The van der Waals surface area contributed by atoms with Gasteiger partial charge in [0.1, 0.15) is 0 Å². The Morgan fingerprint density at radius 3 is 2.67 bits per heavy atom. The van der Waals surface area contributed by atoms with Gasteiger partial charge in [0.2, 0.25) is 5.91 Å². The standard InChI is InChI=1S/C14H18N2OS/c1-2-16(10-6-9-15)14(17)13(18)11-12-7-4-3-5-8-12/h3-5,7-8,13,18H,2,6,10-11H2,1H3. The van der Waals surface area contributed by atoms with Gasteiger partial charge in [0.25, 0.3) is 0 Å². The van der Waals surface area contributed by atoms with Gasteiger partial charge in [0.05, 0.1) is 17.7 Å². The third-order valence-electron chi connectivity index (χ3n) is 2.74. The molecule has 0 aromatic heterocycles. The van der Waals surface area contributed by atoms with Gasteiger partial charge in [-0.25, -0.2) is 0 Å². The Balaban J connectivity index is 2.57. The number of nitriles is 1. The molecule has 1 aromatic rings. The first-order valence-corrected chi connectivity index (χ1v) is 6.58. The second-order valence-electron chi connectivity index (χ2n) is 4.03. The van der Waals surface area contributed by atoms with Gasteiger partial charge in [-0.05, 0) is 18.9 Å². The molecule has 0 saturated heterocycles. The predicted octanol–water partition coefficient (Wildman–Crippen LogP) is 2.29. The molecule has 0 aliphatic carbocycles. The summed E-state index contributed by atoms with van der Waals surface area (Å²) in [6.45, 7) is 3.02. The van der Waals surface area contributed by atoms with E-state index in [0.717, 1.165) is 5.56 Å². The molecule has 1 atom stereocenters. The highest BCUT2D eigenvalue weighted by atomic mass is 32.1. The molecule has 0 aliphatic heterocycles. The highest BCUT2D eigenvalue weighted by molar-refractivity contribution is 7.81. The minimum absolute atomic E-state index is 0.0000589. The zero-order valence-corrected chi connectivity index (χ0v) is 11.4. The summed E-state index contributed by atoms with van der Waals surface area (Å²) in [6.07, 6.45) is 0.983. The SMILES string of the molecule is CCN(CCC#N)C(=O)C(S)Cc1ccccc1. The van der Waals surface area contributed by atoms with E-state index in [1.54, 1.807) is 4.90 Å². The molecule has 0 saturated carbocycles. The van der Waals surface area contributed by atoms with E-state index < -0.39 is 0 Å². The van der Waals surface area contributed by atoms with Gasteiger partial charge < -0.3 is 4.90 Å². The van der Waals surface area contributed by atoms with Crippen LogP contribution < -0.4 is 0 Å². The lowest BCUT2D eigenvalue weighted by Gasteiger charge is -2.23. The van der Waals surface area contributed by atoms with E-state index in [1.165, 1.54) is 0 Å². The fraction of sp³-hybridized carbons (Fsp3) is 0.429. The summed E-state index contributed by atoms with van der Waals surface area (Å²) in [7, 11) is 0. The molecule has 4 heteroatoms. The fourth-order valence-electron chi connectivity index (χ4n) is 1.74. The van der Waals surface area contributed by atoms with E-state index in [2.05, 4.69) is 18.7 Å². The van der Waals surface area contributed by atoms with Crippen LogP contribution in [0.1, 0.15) is 18.9 Å². The van der Waals surface area contributed by atoms with Gasteiger partial charge in [-0.3, -0.25) is 4.79 Å². The van der Waals surface area contributed by atoms with Crippen LogP contribution in [0, 0.1) is 11.3 Å². The maximum absolute atomic E-state index is 12.1. The fourth-order valence-corrected chi connectivity index (χ4v) is 2.12. The van der Waals surface area contributed by atoms with Gasteiger partial charge >= 0.3 is 0 Å². The zero-order chi connectivity index (χ0) is 13.4. The van der Waals surface area contributed by atoms with Gasteiger partial charge in [0, 0.05) is 13.1 Å². The minimum Gasteiger partial charge on any atom is -0.341 e. The Morgan fingerprint density at radius 1 is 1.44 bits per heavy atom. The number of nitrogens with zero attached hydrogens (tertiary/aromatic N) is 2. The minimum atomic E-state index is -0.342. The molecule has 0 radical (unpaired) electrons. The largest absolute Gasteiger partial charge is 0.341 e. The van der Waals surface area contributed by atoms with Gasteiger partial charge in [0.15, 0.2) is 0 Å². The topological polar surface area (TPSA) is 44.1 Å². The Hall–Kier alpha value is -1.47. The molecule has 0 spiro atoms. The van der Waals surface area contributed by atoms with Crippen molar-refractivity contribution >= 4 is 18.5 Å². The summed E-state index contributed by atoms with van der Waals surface area (Å²) in [5.74, 6) is -0.0000589. The molecule has 0 bridgehead atoms. The van der Waals surface area contributed by atoms with Gasteiger partial charge in [-0.15, -0.1) is 0 Å². The lowest BCUT2D eigenvalue weighted by molar-refractivity contribution is -0.130. The second-order valence-corrected chi connectivity index (χ2v) is 4.65. The van der Waals surface area contributed by atoms with Crippen LogP contribution in [0.25, 0.3) is 0 Å². The van der Waals surface area contributed by atoms with Crippen LogP contribution in [-0.2, 0) is 11.2 Å². The van der Waals surface area contributed by atoms with E-state index in [1.807, 2.05) is 37.3 Å². The van der Waals surface area contributed by atoms with Gasteiger partial charge in [-0.1, -0.05) is 30.3 Å². The van der Waals surface area contributed by atoms with Crippen molar-refractivity contribution < 1.29 is 4.79 Å². The smallest absolute Gasteiger partial charge is 0.235 e. The maximum Gasteiger partial charge on any atom is 0.235 e. The van der Waals surface area contributed by atoms with Gasteiger partial charge in [-0.2, -0.15) is 17.9 Å². The zero-order valence-electron chi connectivity index (χ0n) is 10.5. The quantitative estimate of drug-likeness (QED) is 0.799. The number of benzene rings is 1. The van der Waals surface area contributed by atoms with Crippen LogP contribution in [-0.4, -0.2) is 29.1 Å². The average molecular weight is 262 g/mol. The second kappa shape index (κ2) is 7.78. The molecule has 1 amide bonds. The first-order chi connectivity index (χ1) is 8.69. The van der Waals surface area contributed by atoms with E-state index >= 15 is 0 Å². The molecule has 1 unspecified atom stereocenters. The predicted molar refractivity (Wildman–Crippen MR) is 75.4 cm³/mol. The molecular weight excluding hydrogens is 244 g/mol. The van der Waals surface area contributed by atoms with Crippen molar-refractivity contribution in [2.75, 3.05) is 13.1 Å². The average Bonchev–Trinajstić information content (AvgIpc) is 2.40. The van der Waals surface area contributed by atoms with E-state index in [4.69, 9.17) is 5.26 Å². The molecule has 1 rings (SSSR count). The molecule has 3 nitrogen and oxygen atoms in total. The molecule has 1 aromatic carbocycles. The number of thiol groups is 1. The molecule has 0 heterocycles. The molecule has 0 aliphatic rings. The number of amides is 1. The normalized spacial score (nSPS) is 11.6. The third kappa shape index (κ3) is 4.42. The summed E-state index contributed by atoms with van der Waals surface area (Å²) < 4.78 is 0. The van der Waals surface area contributed by atoms with Crippen molar-refractivity contribution in [3.63, 3.8) is 0 Å². The first-order valence-electron chi connectivity index (χ1n) is 6.06. The van der Waals surface area contributed by atoms with Crippen LogP contribution in [0.2, 0.25) is 0 Å². The van der Waals surface area contributed by atoms with Crippen molar-refractivity contribution in [3.8, 4) is 6.07 Å². The molecule has 18 heavy (non-hydrogen) atoms. The van der Waals surface area contributed by atoms with Crippen LogP contribution in [0.4, 0.5) is 0 Å². The Kier molecular flexibility index (Phi) is 6.31. The van der Waals surface area contributed by atoms with Crippen LogP contribution >= 0.6 is 12.6 Å². The molecular formula is C14H18N2OS. The maximum atomic E-state index is 12.1. The Bertz CT molecular complexity index is 414. The summed E-state index contributed by atoms with van der Waals surface area (Å²) in [5.41, 5.74) is 1.10. The number of carbonyl (C=O) groups excluding carboxylic acids is 1. The monoisotopic (exact) mass is 262 g/mol.